The quantitative estimate of drug-likeness (QED) is 0.860. The Labute approximate surface area is 131 Å². The van der Waals surface area contributed by atoms with Crippen LogP contribution in [0, 0.1) is 17.8 Å². The minimum absolute atomic E-state index is 0.108. The molecule has 2 saturated carbocycles. The Bertz CT molecular complexity index is 385. The number of nitrogens with two attached hydrogens (primary N) is 1. The number of carbonyl (C=O) groups is 1. The first-order valence-corrected chi connectivity index (χ1v) is 8.59. The normalized spacial score (nSPS) is 36.6. The molecule has 4 nitrogen and oxygen atoms in total. The molecule has 0 aromatic heterocycles. The van der Waals surface area contributed by atoms with Crippen molar-refractivity contribution in [3.8, 4) is 0 Å². The fourth-order valence-corrected chi connectivity index (χ4v) is 4.59. The monoisotopic (exact) mass is 315 g/mol. The van der Waals surface area contributed by atoms with E-state index in [-0.39, 0.29) is 24.4 Å². The molecule has 0 aromatic carbocycles. The second-order valence-electron chi connectivity index (χ2n) is 7.21. The van der Waals surface area contributed by atoms with Gasteiger partial charge >= 0.3 is 0 Å². The van der Waals surface area contributed by atoms with Gasteiger partial charge in [0.1, 0.15) is 0 Å². The third-order valence-electron chi connectivity index (χ3n) is 5.84. The molecule has 0 spiro atoms. The highest BCUT2D eigenvalue weighted by atomic mass is 19.3. The van der Waals surface area contributed by atoms with Gasteiger partial charge in [0, 0.05) is 38.1 Å². The number of hydrogen-bond acceptors (Lipinski definition) is 3. The van der Waals surface area contributed by atoms with Crippen molar-refractivity contribution in [3.05, 3.63) is 0 Å². The summed E-state index contributed by atoms with van der Waals surface area (Å²) in [4.78, 5) is 16.4. The Hall–Kier alpha value is -0.750. The van der Waals surface area contributed by atoms with E-state index in [4.69, 9.17) is 5.73 Å². The smallest absolute Gasteiger partial charge is 0.251 e. The summed E-state index contributed by atoms with van der Waals surface area (Å²) in [5, 5.41) is 0. The second-order valence-corrected chi connectivity index (χ2v) is 7.21. The van der Waals surface area contributed by atoms with E-state index in [9.17, 15) is 13.6 Å². The van der Waals surface area contributed by atoms with Crippen LogP contribution in [-0.2, 0) is 4.79 Å². The van der Waals surface area contributed by atoms with E-state index in [1.165, 1.54) is 6.42 Å². The summed E-state index contributed by atoms with van der Waals surface area (Å²) in [5.74, 6) is 1.35. The minimum Gasteiger partial charge on any atom is -0.340 e. The van der Waals surface area contributed by atoms with Crippen LogP contribution in [0.15, 0.2) is 0 Å². The predicted molar refractivity (Wildman–Crippen MR) is 80.6 cm³/mol. The Kier molecular flexibility index (Phi) is 4.97. The van der Waals surface area contributed by atoms with Crippen LogP contribution in [0.4, 0.5) is 8.78 Å². The molecule has 2 unspecified atom stereocenters. The Morgan fingerprint density at radius 2 is 1.68 bits per heavy atom. The van der Waals surface area contributed by atoms with Crippen LogP contribution >= 0.6 is 0 Å². The van der Waals surface area contributed by atoms with Gasteiger partial charge in [-0.1, -0.05) is 6.42 Å². The molecule has 22 heavy (non-hydrogen) atoms. The average Bonchev–Trinajstić information content (AvgIpc) is 2.46. The zero-order valence-corrected chi connectivity index (χ0v) is 13.1. The van der Waals surface area contributed by atoms with E-state index in [0.29, 0.717) is 38.0 Å². The molecule has 2 bridgehead atoms. The maximum atomic E-state index is 12.7. The molecule has 0 radical (unpaired) electrons. The number of alkyl halides is 2. The molecule has 1 saturated heterocycles. The number of rotatable bonds is 3. The minimum atomic E-state index is -2.29. The highest BCUT2D eigenvalue weighted by Gasteiger charge is 2.41. The number of carbonyl (C=O) groups excluding carboxylic acids is 1. The van der Waals surface area contributed by atoms with E-state index in [1.807, 2.05) is 4.90 Å². The van der Waals surface area contributed by atoms with Crippen LogP contribution in [0.1, 0.15) is 32.1 Å². The lowest BCUT2D eigenvalue weighted by Crippen LogP contribution is -2.54. The summed E-state index contributed by atoms with van der Waals surface area (Å²) >= 11 is 0. The van der Waals surface area contributed by atoms with Gasteiger partial charge in [0.05, 0.1) is 6.54 Å². The van der Waals surface area contributed by atoms with Crippen LogP contribution in [0.5, 0.6) is 0 Å². The summed E-state index contributed by atoms with van der Waals surface area (Å²) in [5.41, 5.74) is 6.29. The first kappa shape index (κ1) is 16.1. The van der Waals surface area contributed by atoms with Crippen LogP contribution in [0.2, 0.25) is 0 Å². The van der Waals surface area contributed by atoms with Gasteiger partial charge in [0.15, 0.2) is 0 Å². The Balaban J connectivity index is 1.52. The van der Waals surface area contributed by atoms with Gasteiger partial charge in [-0.3, -0.25) is 9.69 Å². The van der Waals surface area contributed by atoms with Crippen LogP contribution < -0.4 is 5.73 Å². The predicted octanol–water partition coefficient (Wildman–Crippen LogP) is 1.55. The van der Waals surface area contributed by atoms with Crippen LogP contribution in [0.25, 0.3) is 0 Å². The molecule has 2 atom stereocenters. The van der Waals surface area contributed by atoms with Gasteiger partial charge in [0.2, 0.25) is 5.91 Å². The number of nitrogens with zero attached hydrogens (tertiary/aromatic N) is 2. The SMILES string of the molecule is NC1C2CCCC1CC(C(=O)N1CCN(CC(F)F)CC1)C2. The molecule has 6 heteroatoms. The molecule has 1 aliphatic heterocycles. The fourth-order valence-electron chi connectivity index (χ4n) is 4.59. The molecular formula is C16H27F2N3O. The van der Waals surface area contributed by atoms with Crippen molar-refractivity contribution in [2.75, 3.05) is 32.7 Å². The van der Waals surface area contributed by atoms with Crippen LogP contribution in [0.3, 0.4) is 0 Å². The van der Waals surface area contributed by atoms with Crippen molar-refractivity contribution in [2.24, 2.45) is 23.5 Å². The molecule has 1 heterocycles. The van der Waals surface area contributed by atoms with Gasteiger partial charge in [-0.25, -0.2) is 8.78 Å². The summed E-state index contributed by atoms with van der Waals surface area (Å²) in [6.07, 6.45) is 3.12. The van der Waals surface area contributed by atoms with E-state index in [1.54, 1.807) is 4.90 Å². The maximum Gasteiger partial charge on any atom is 0.251 e. The van der Waals surface area contributed by atoms with Crippen molar-refractivity contribution < 1.29 is 13.6 Å². The third-order valence-corrected chi connectivity index (χ3v) is 5.84. The first-order valence-electron chi connectivity index (χ1n) is 8.59. The third kappa shape index (κ3) is 3.43. The fraction of sp³-hybridized carbons (Fsp3) is 0.938. The zero-order valence-electron chi connectivity index (χ0n) is 13.1. The maximum absolute atomic E-state index is 12.7. The van der Waals surface area contributed by atoms with Crippen molar-refractivity contribution in [1.29, 1.82) is 0 Å². The molecule has 126 valence electrons. The molecule has 1 amide bonds. The van der Waals surface area contributed by atoms with E-state index >= 15 is 0 Å². The van der Waals surface area contributed by atoms with Gasteiger partial charge in [-0.05, 0) is 37.5 Å². The number of amides is 1. The summed E-state index contributed by atoms with van der Waals surface area (Å²) in [6.45, 7) is 2.13. The van der Waals surface area contributed by atoms with Crippen molar-refractivity contribution in [1.82, 2.24) is 9.80 Å². The Morgan fingerprint density at radius 1 is 1.09 bits per heavy atom. The van der Waals surface area contributed by atoms with Gasteiger partial charge in [-0.15, -0.1) is 0 Å². The van der Waals surface area contributed by atoms with Crippen molar-refractivity contribution >= 4 is 5.91 Å². The highest BCUT2D eigenvalue weighted by Crippen LogP contribution is 2.42. The van der Waals surface area contributed by atoms with Gasteiger partial charge in [-0.2, -0.15) is 0 Å². The molecule has 3 fully saturated rings. The van der Waals surface area contributed by atoms with Crippen LogP contribution in [-0.4, -0.2) is 60.9 Å². The van der Waals surface area contributed by atoms with E-state index < -0.39 is 6.43 Å². The van der Waals surface area contributed by atoms with E-state index in [0.717, 1.165) is 25.7 Å². The van der Waals surface area contributed by atoms with E-state index in [2.05, 4.69) is 0 Å². The standard InChI is InChI=1S/C16H27F2N3O/c17-14(18)10-20-4-6-21(7-5-20)16(22)13-8-11-2-1-3-12(9-13)15(11)19/h11-15H,1-10,19H2. The first-order chi connectivity index (χ1) is 10.5. The lowest BCUT2D eigenvalue weighted by atomic mass is 9.65. The lowest BCUT2D eigenvalue weighted by Gasteiger charge is -2.45. The molecule has 2 aliphatic carbocycles. The summed E-state index contributed by atoms with van der Waals surface area (Å²) in [7, 11) is 0. The average molecular weight is 315 g/mol. The topological polar surface area (TPSA) is 49.6 Å². The summed E-state index contributed by atoms with van der Waals surface area (Å²) in [6, 6.07) is 0.278. The number of halogens is 2. The largest absolute Gasteiger partial charge is 0.340 e. The van der Waals surface area contributed by atoms with Gasteiger partial charge in [0.25, 0.3) is 6.43 Å². The zero-order chi connectivity index (χ0) is 15.7. The number of hydrogen-bond donors (Lipinski definition) is 1. The van der Waals surface area contributed by atoms with Crippen molar-refractivity contribution in [3.63, 3.8) is 0 Å². The highest BCUT2D eigenvalue weighted by molar-refractivity contribution is 5.79. The van der Waals surface area contributed by atoms with Gasteiger partial charge < -0.3 is 10.6 Å². The lowest BCUT2D eigenvalue weighted by molar-refractivity contribution is -0.140. The number of piperazine rings is 1. The molecule has 3 aliphatic rings. The molecule has 2 N–H and O–H groups in total. The number of fused-ring (bicyclic) bond motifs is 2. The summed E-state index contributed by atoms with van der Waals surface area (Å²) < 4.78 is 24.8. The molecule has 0 aromatic rings. The Morgan fingerprint density at radius 3 is 2.23 bits per heavy atom. The van der Waals surface area contributed by atoms with Crippen molar-refractivity contribution in [2.45, 2.75) is 44.6 Å². The molecule has 3 rings (SSSR count). The second kappa shape index (κ2) is 6.79. The molecular weight excluding hydrogens is 288 g/mol.